The van der Waals surface area contributed by atoms with Crippen LogP contribution in [-0.4, -0.2) is 66.2 Å². The van der Waals surface area contributed by atoms with Gasteiger partial charge in [0.1, 0.15) is 11.5 Å². The molecule has 1 aromatic heterocycles. The number of hydrogen-bond donors (Lipinski definition) is 2. The van der Waals surface area contributed by atoms with E-state index in [1.807, 2.05) is 13.8 Å². The number of carbonyl (C=O) groups excluding carboxylic acids is 1. The molecule has 0 aliphatic carbocycles. The van der Waals surface area contributed by atoms with Gasteiger partial charge >= 0.3 is 0 Å². The zero-order valence-electron chi connectivity index (χ0n) is 12.6. The molecule has 0 atom stereocenters. The van der Waals surface area contributed by atoms with Crippen LogP contribution < -0.4 is 10.6 Å². The molecule has 1 aliphatic rings. The molecule has 116 valence electrons. The SMILES string of the molecule is CC(C)Nc1cnc(C(=O)NCCN2CCOCC2)cn1. The van der Waals surface area contributed by atoms with Gasteiger partial charge in [0.25, 0.3) is 5.91 Å². The summed E-state index contributed by atoms with van der Waals surface area (Å²) in [6.45, 7) is 8.86. The lowest BCUT2D eigenvalue weighted by molar-refractivity contribution is 0.0383. The Hall–Kier alpha value is -1.73. The monoisotopic (exact) mass is 293 g/mol. The van der Waals surface area contributed by atoms with Crippen molar-refractivity contribution in [1.29, 1.82) is 0 Å². The molecule has 21 heavy (non-hydrogen) atoms. The minimum atomic E-state index is -0.188. The van der Waals surface area contributed by atoms with Gasteiger partial charge in [-0.2, -0.15) is 0 Å². The van der Waals surface area contributed by atoms with E-state index in [0.29, 0.717) is 18.1 Å². The summed E-state index contributed by atoms with van der Waals surface area (Å²) in [6, 6.07) is 0.285. The van der Waals surface area contributed by atoms with Crippen molar-refractivity contribution < 1.29 is 9.53 Å². The van der Waals surface area contributed by atoms with Gasteiger partial charge in [-0.3, -0.25) is 9.69 Å². The lowest BCUT2D eigenvalue weighted by Crippen LogP contribution is -2.41. The van der Waals surface area contributed by atoms with Gasteiger partial charge in [0.15, 0.2) is 0 Å². The molecular formula is C14H23N5O2. The Morgan fingerprint density at radius 2 is 2.10 bits per heavy atom. The van der Waals surface area contributed by atoms with Crippen LogP contribution in [0.5, 0.6) is 0 Å². The van der Waals surface area contributed by atoms with Gasteiger partial charge < -0.3 is 15.4 Å². The van der Waals surface area contributed by atoms with Crippen molar-refractivity contribution >= 4 is 11.7 Å². The molecule has 2 heterocycles. The quantitative estimate of drug-likeness (QED) is 0.788. The maximum absolute atomic E-state index is 11.9. The third kappa shape index (κ3) is 5.28. The number of anilines is 1. The molecule has 0 radical (unpaired) electrons. The van der Waals surface area contributed by atoms with Crippen molar-refractivity contribution in [2.75, 3.05) is 44.7 Å². The summed E-state index contributed by atoms with van der Waals surface area (Å²) in [5.41, 5.74) is 0.339. The van der Waals surface area contributed by atoms with Gasteiger partial charge in [-0.25, -0.2) is 9.97 Å². The standard InChI is InChI=1S/C14H23N5O2/c1-11(2)18-13-10-16-12(9-17-13)14(20)15-3-4-19-5-7-21-8-6-19/h9-11H,3-8H2,1-2H3,(H,15,20)(H,17,18). The fourth-order valence-electron chi connectivity index (χ4n) is 2.06. The number of ether oxygens (including phenoxy) is 1. The highest BCUT2D eigenvalue weighted by molar-refractivity contribution is 5.91. The number of rotatable bonds is 6. The van der Waals surface area contributed by atoms with E-state index in [4.69, 9.17) is 4.74 Å². The van der Waals surface area contributed by atoms with Gasteiger partial charge in [0.05, 0.1) is 25.6 Å². The third-order valence-electron chi connectivity index (χ3n) is 3.14. The number of morpholine rings is 1. The van der Waals surface area contributed by atoms with E-state index in [9.17, 15) is 4.79 Å². The highest BCUT2D eigenvalue weighted by atomic mass is 16.5. The summed E-state index contributed by atoms with van der Waals surface area (Å²) in [6.07, 6.45) is 3.08. The van der Waals surface area contributed by atoms with Crippen LogP contribution in [0.1, 0.15) is 24.3 Å². The zero-order chi connectivity index (χ0) is 15.1. The van der Waals surface area contributed by atoms with Crippen molar-refractivity contribution in [1.82, 2.24) is 20.2 Å². The molecule has 7 heteroatoms. The summed E-state index contributed by atoms with van der Waals surface area (Å²) in [5.74, 6) is 0.488. The first-order valence-corrected chi connectivity index (χ1v) is 7.32. The van der Waals surface area contributed by atoms with Crippen molar-refractivity contribution in [3.63, 3.8) is 0 Å². The number of aromatic nitrogens is 2. The molecule has 0 bridgehead atoms. The summed E-state index contributed by atoms with van der Waals surface area (Å²) in [4.78, 5) is 22.5. The molecule has 1 saturated heterocycles. The second kappa shape index (κ2) is 7.90. The van der Waals surface area contributed by atoms with Gasteiger partial charge in [0.2, 0.25) is 0 Å². The molecule has 7 nitrogen and oxygen atoms in total. The smallest absolute Gasteiger partial charge is 0.271 e. The second-order valence-electron chi connectivity index (χ2n) is 5.30. The van der Waals surface area contributed by atoms with E-state index in [1.165, 1.54) is 6.20 Å². The first-order chi connectivity index (χ1) is 10.1. The van der Waals surface area contributed by atoms with Gasteiger partial charge in [-0.15, -0.1) is 0 Å². The predicted molar refractivity (Wildman–Crippen MR) is 80.4 cm³/mol. The zero-order valence-corrected chi connectivity index (χ0v) is 12.6. The normalized spacial score (nSPS) is 16.0. The second-order valence-corrected chi connectivity index (χ2v) is 5.30. The minimum Gasteiger partial charge on any atom is -0.379 e. The van der Waals surface area contributed by atoms with Crippen LogP contribution in [0.2, 0.25) is 0 Å². The first-order valence-electron chi connectivity index (χ1n) is 7.32. The Morgan fingerprint density at radius 3 is 2.71 bits per heavy atom. The fourth-order valence-corrected chi connectivity index (χ4v) is 2.06. The molecule has 0 aromatic carbocycles. The molecule has 0 saturated carbocycles. The van der Waals surface area contributed by atoms with Crippen LogP contribution in [0.25, 0.3) is 0 Å². The van der Waals surface area contributed by atoms with E-state index in [0.717, 1.165) is 32.8 Å². The Balaban J connectivity index is 1.74. The van der Waals surface area contributed by atoms with Crippen LogP contribution in [0.4, 0.5) is 5.82 Å². The lowest BCUT2D eigenvalue weighted by atomic mass is 10.3. The number of carbonyl (C=O) groups is 1. The Labute approximate surface area is 125 Å². The fraction of sp³-hybridized carbons (Fsp3) is 0.643. The summed E-state index contributed by atoms with van der Waals surface area (Å²) in [7, 11) is 0. The van der Waals surface area contributed by atoms with E-state index < -0.39 is 0 Å². The molecule has 1 aliphatic heterocycles. The Morgan fingerprint density at radius 1 is 1.33 bits per heavy atom. The molecule has 0 spiro atoms. The number of nitrogens with one attached hydrogen (secondary N) is 2. The third-order valence-corrected chi connectivity index (χ3v) is 3.14. The summed E-state index contributed by atoms with van der Waals surface area (Å²) in [5, 5.41) is 6.00. The molecule has 2 N–H and O–H groups in total. The average Bonchev–Trinajstić information content (AvgIpc) is 2.48. The van der Waals surface area contributed by atoms with E-state index >= 15 is 0 Å². The predicted octanol–water partition coefficient (Wildman–Crippen LogP) is 0.359. The topological polar surface area (TPSA) is 79.4 Å². The maximum atomic E-state index is 11.9. The van der Waals surface area contributed by atoms with Gasteiger partial charge in [-0.1, -0.05) is 0 Å². The maximum Gasteiger partial charge on any atom is 0.271 e. The van der Waals surface area contributed by atoms with Crippen LogP contribution in [0, 0.1) is 0 Å². The van der Waals surface area contributed by atoms with Crippen LogP contribution in [0.15, 0.2) is 12.4 Å². The summed E-state index contributed by atoms with van der Waals surface area (Å²) >= 11 is 0. The molecule has 0 unspecified atom stereocenters. The average molecular weight is 293 g/mol. The molecule has 2 rings (SSSR count). The van der Waals surface area contributed by atoms with E-state index in [2.05, 4.69) is 25.5 Å². The highest BCUT2D eigenvalue weighted by Crippen LogP contribution is 2.03. The number of nitrogens with zero attached hydrogens (tertiary/aromatic N) is 3. The van der Waals surface area contributed by atoms with Crippen LogP contribution in [-0.2, 0) is 4.74 Å². The van der Waals surface area contributed by atoms with Crippen LogP contribution >= 0.6 is 0 Å². The molecule has 1 fully saturated rings. The van der Waals surface area contributed by atoms with Crippen molar-refractivity contribution in [3.8, 4) is 0 Å². The first kappa shape index (κ1) is 15.7. The molecule has 1 aromatic rings. The number of hydrogen-bond acceptors (Lipinski definition) is 6. The minimum absolute atomic E-state index is 0.188. The van der Waals surface area contributed by atoms with Crippen molar-refractivity contribution in [2.45, 2.75) is 19.9 Å². The van der Waals surface area contributed by atoms with Crippen molar-refractivity contribution in [3.05, 3.63) is 18.1 Å². The Kier molecular flexibility index (Phi) is 5.89. The lowest BCUT2D eigenvalue weighted by Gasteiger charge is -2.26. The molecule has 1 amide bonds. The molecular weight excluding hydrogens is 270 g/mol. The number of amides is 1. The van der Waals surface area contributed by atoms with Gasteiger partial charge in [0, 0.05) is 32.2 Å². The van der Waals surface area contributed by atoms with Crippen LogP contribution in [0.3, 0.4) is 0 Å². The highest BCUT2D eigenvalue weighted by Gasteiger charge is 2.11. The van der Waals surface area contributed by atoms with E-state index in [1.54, 1.807) is 6.20 Å². The van der Waals surface area contributed by atoms with Crippen molar-refractivity contribution in [2.24, 2.45) is 0 Å². The van der Waals surface area contributed by atoms with Gasteiger partial charge in [-0.05, 0) is 13.8 Å². The van der Waals surface area contributed by atoms with E-state index in [-0.39, 0.29) is 11.9 Å². The Bertz CT molecular complexity index is 443. The largest absolute Gasteiger partial charge is 0.379 e. The summed E-state index contributed by atoms with van der Waals surface area (Å²) < 4.78 is 5.28.